The SMILES string of the molecule is CN(C)C1CCN(c2ccc(C(=O)NC3C4Oc5ccc(Oc6ccnc7c6CCC(=O)N7)cc5C34)cc2C(F)(F)F)CC1. The Kier molecular flexibility index (Phi) is 6.91. The molecule has 1 saturated carbocycles. The van der Waals surface area contributed by atoms with E-state index in [1.54, 1.807) is 29.3 Å². The summed E-state index contributed by atoms with van der Waals surface area (Å²) < 4.78 is 54.7. The Morgan fingerprint density at radius 1 is 1.11 bits per heavy atom. The average molecular weight is 608 g/mol. The molecule has 0 bridgehead atoms. The summed E-state index contributed by atoms with van der Waals surface area (Å²) in [7, 11) is 3.97. The summed E-state index contributed by atoms with van der Waals surface area (Å²) in [6.07, 6.45) is -0.917. The number of fused-ring (bicyclic) bond motifs is 4. The van der Waals surface area contributed by atoms with Gasteiger partial charge in [-0.1, -0.05) is 0 Å². The number of hydrogen-bond donors (Lipinski definition) is 2. The predicted molar refractivity (Wildman–Crippen MR) is 156 cm³/mol. The van der Waals surface area contributed by atoms with Crippen LogP contribution in [-0.2, 0) is 17.4 Å². The lowest BCUT2D eigenvalue weighted by Crippen LogP contribution is -2.42. The third-order valence-corrected chi connectivity index (χ3v) is 9.06. The van der Waals surface area contributed by atoms with Crippen molar-refractivity contribution in [2.24, 2.45) is 0 Å². The molecule has 12 heteroatoms. The van der Waals surface area contributed by atoms with Crippen molar-refractivity contribution < 1.29 is 32.2 Å². The minimum atomic E-state index is -4.60. The quantitative estimate of drug-likeness (QED) is 0.409. The number of rotatable bonds is 6. The topological polar surface area (TPSA) is 96.0 Å². The van der Waals surface area contributed by atoms with E-state index in [2.05, 4.69) is 20.5 Å². The fourth-order valence-electron chi connectivity index (χ4n) is 6.59. The van der Waals surface area contributed by atoms with Gasteiger partial charge in [0, 0.05) is 54.1 Å². The number of ether oxygens (including phenoxy) is 2. The van der Waals surface area contributed by atoms with Gasteiger partial charge in [-0.15, -0.1) is 0 Å². The maximum atomic E-state index is 14.2. The van der Waals surface area contributed by atoms with Gasteiger partial charge in [-0.3, -0.25) is 9.59 Å². The van der Waals surface area contributed by atoms with Crippen LogP contribution >= 0.6 is 0 Å². The smallest absolute Gasteiger partial charge is 0.418 e. The molecule has 230 valence electrons. The van der Waals surface area contributed by atoms with E-state index >= 15 is 0 Å². The minimum absolute atomic E-state index is 0.0407. The van der Waals surface area contributed by atoms with Crippen LogP contribution in [0.5, 0.6) is 17.2 Å². The molecule has 1 saturated heterocycles. The highest BCUT2D eigenvalue weighted by Gasteiger charge is 2.59. The molecule has 4 heterocycles. The Morgan fingerprint density at radius 2 is 1.91 bits per heavy atom. The van der Waals surface area contributed by atoms with E-state index in [1.165, 1.54) is 12.1 Å². The van der Waals surface area contributed by atoms with Crippen LogP contribution in [0.4, 0.5) is 24.7 Å². The second-order valence-electron chi connectivity index (χ2n) is 12.0. The van der Waals surface area contributed by atoms with E-state index in [0.717, 1.165) is 30.0 Å². The number of alkyl halides is 3. The van der Waals surface area contributed by atoms with Crippen molar-refractivity contribution in [3.8, 4) is 17.2 Å². The first-order chi connectivity index (χ1) is 21.1. The summed E-state index contributed by atoms with van der Waals surface area (Å²) in [5.41, 5.74) is 0.950. The van der Waals surface area contributed by atoms with Gasteiger partial charge >= 0.3 is 6.18 Å². The number of amides is 2. The van der Waals surface area contributed by atoms with Crippen molar-refractivity contribution >= 4 is 23.3 Å². The van der Waals surface area contributed by atoms with Gasteiger partial charge in [0.05, 0.1) is 17.5 Å². The Bertz CT molecular complexity index is 1640. The second kappa shape index (κ2) is 10.7. The number of benzene rings is 2. The lowest BCUT2D eigenvalue weighted by molar-refractivity contribution is -0.137. The first-order valence-corrected chi connectivity index (χ1v) is 14.8. The number of hydrogen-bond acceptors (Lipinski definition) is 7. The zero-order chi connectivity index (χ0) is 30.7. The molecule has 2 amide bonds. The molecule has 1 aliphatic carbocycles. The first kappa shape index (κ1) is 28.5. The molecule has 3 unspecified atom stereocenters. The number of halogens is 3. The Hall–Kier alpha value is -4.32. The number of carbonyl (C=O) groups is 2. The molecule has 3 aliphatic heterocycles. The highest BCUT2D eigenvalue weighted by atomic mass is 19.4. The van der Waals surface area contributed by atoms with Crippen LogP contribution in [0.15, 0.2) is 48.7 Å². The zero-order valence-corrected chi connectivity index (χ0v) is 24.3. The number of carbonyl (C=O) groups excluding carboxylic acids is 2. The van der Waals surface area contributed by atoms with Gasteiger partial charge in [0.1, 0.15) is 29.2 Å². The highest BCUT2D eigenvalue weighted by Crippen LogP contribution is 2.55. The zero-order valence-electron chi connectivity index (χ0n) is 24.3. The lowest BCUT2D eigenvalue weighted by Gasteiger charge is -2.37. The van der Waals surface area contributed by atoms with Crippen LogP contribution in [0.25, 0.3) is 0 Å². The van der Waals surface area contributed by atoms with Gasteiger partial charge in [-0.2, -0.15) is 13.2 Å². The van der Waals surface area contributed by atoms with E-state index in [9.17, 15) is 22.8 Å². The molecular formula is C32H32F3N5O4. The van der Waals surface area contributed by atoms with E-state index < -0.39 is 17.6 Å². The normalized spacial score (nSPS) is 22.5. The average Bonchev–Trinajstić information content (AvgIpc) is 3.52. The predicted octanol–water partition coefficient (Wildman–Crippen LogP) is 4.96. The van der Waals surface area contributed by atoms with E-state index in [4.69, 9.17) is 9.47 Å². The first-order valence-electron chi connectivity index (χ1n) is 14.8. The van der Waals surface area contributed by atoms with Crippen LogP contribution in [0, 0.1) is 0 Å². The summed E-state index contributed by atoms with van der Waals surface area (Å²) in [5, 5.41) is 5.64. The maximum Gasteiger partial charge on any atom is 0.418 e. The summed E-state index contributed by atoms with van der Waals surface area (Å²) in [6, 6.07) is 11.0. The van der Waals surface area contributed by atoms with Crippen molar-refractivity contribution in [3.63, 3.8) is 0 Å². The number of aromatic nitrogens is 1. The molecule has 4 aliphatic rings. The number of anilines is 2. The molecule has 2 N–H and O–H groups in total. The van der Waals surface area contributed by atoms with E-state index in [0.29, 0.717) is 55.0 Å². The third kappa shape index (κ3) is 5.21. The summed E-state index contributed by atoms with van der Waals surface area (Å²) in [6.45, 7) is 1.04. The van der Waals surface area contributed by atoms with Gasteiger partial charge in [-0.25, -0.2) is 4.98 Å². The fourth-order valence-corrected chi connectivity index (χ4v) is 6.59. The number of pyridine rings is 1. The molecule has 0 radical (unpaired) electrons. The monoisotopic (exact) mass is 607 g/mol. The van der Waals surface area contributed by atoms with Gasteiger partial charge in [0.25, 0.3) is 5.91 Å². The Morgan fingerprint density at radius 3 is 2.66 bits per heavy atom. The molecule has 44 heavy (non-hydrogen) atoms. The Balaban J connectivity index is 1.05. The highest BCUT2D eigenvalue weighted by molar-refractivity contribution is 5.96. The summed E-state index contributed by atoms with van der Waals surface area (Å²) >= 11 is 0. The molecule has 2 fully saturated rings. The van der Waals surface area contributed by atoms with E-state index in [-0.39, 0.29) is 35.2 Å². The van der Waals surface area contributed by atoms with Crippen molar-refractivity contribution in [2.45, 2.75) is 56.0 Å². The molecule has 2 aromatic carbocycles. The largest absolute Gasteiger partial charge is 0.487 e. The maximum absolute atomic E-state index is 14.2. The minimum Gasteiger partial charge on any atom is -0.487 e. The van der Waals surface area contributed by atoms with Gasteiger partial charge in [0.15, 0.2) is 0 Å². The van der Waals surface area contributed by atoms with Crippen LogP contribution in [0.1, 0.15) is 52.2 Å². The van der Waals surface area contributed by atoms with Crippen LogP contribution in [0.2, 0.25) is 0 Å². The fraction of sp³-hybridized carbons (Fsp3) is 0.406. The Labute approximate surface area is 252 Å². The van der Waals surface area contributed by atoms with Crippen molar-refractivity contribution in [1.29, 1.82) is 0 Å². The summed E-state index contributed by atoms with van der Waals surface area (Å²) in [5.74, 6) is 1.54. The summed E-state index contributed by atoms with van der Waals surface area (Å²) in [4.78, 5) is 33.0. The standard InChI is InChI=1S/C32H32F3N5O4/c1-39(2)18-10-13-40(14-11-18)23-6-3-17(15-22(23)32(33,34)35)31(42)38-28-27-21-16-19(4-7-24(21)44-29(27)28)43-25-9-12-36-30-20(25)5-8-26(41)37-30/h3-4,6-7,9,12,15-16,18,27-29H,5,8,10-11,13-14H2,1-2H3,(H,38,42)(H,36,37,41). The van der Waals surface area contributed by atoms with Crippen LogP contribution in [-0.4, -0.2) is 67.1 Å². The number of nitrogens with zero attached hydrogens (tertiary/aromatic N) is 3. The van der Waals surface area contributed by atoms with Crippen molar-refractivity contribution in [1.82, 2.24) is 15.2 Å². The van der Waals surface area contributed by atoms with Crippen molar-refractivity contribution in [3.05, 3.63) is 70.9 Å². The van der Waals surface area contributed by atoms with Crippen LogP contribution in [0.3, 0.4) is 0 Å². The van der Waals surface area contributed by atoms with Crippen LogP contribution < -0.4 is 25.0 Å². The third-order valence-electron chi connectivity index (χ3n) is 9.06. The molecular weight excluding hydrogens is 575 g/mol. The molecule has 3 atom stereocenters. The molecule has 9 nitrogen and oxygen atoms in total. The second-order valence-corrected chi connectivity index (χ2v) is 12.0. The molecule has 7 rings (SSSR count). The lowest BCUT2D eigenvalue weighted by atomic mass is 10.0. The van der Waals surface area contributed by atoms with Gasteiger partial charge < -0.3 is 29.9 Å². The number of nitrogens with one attached hydrogen (secondary N) is 2. The van der Waals surface area contributed by atoms with Gasteiger partial charge in [-0.05, 0) is 75.8 Å². The molecule has 3 aromatic rings. The number of piperidine rings is 1. The van der Waals surface area contributed by atoms with Crippen molar-refractivity contribution in [2.75, 3.05) is 37.4 Å². The van der Waals surface area contributed by atoms with E-state index in [1.807, 2.05) is 20.2 Å². The van der Waals surface area contributed by atoms with Gasteiger partial charge in [0.2, 0.25) is 5.91 Å². The molecule has 0 spiro atoms. The molecule has 1 aromatic heterocycles.